The van der Waals surface area contributed by atoms with Gasteiger partial charge in [-0.3, -0.25) is 4.39 Å². The van der Waals surface area contributed by atoms with Crippen molar-refractivity contribution in [1.82, 2.24) is 39.9 Å². The van der Waals surface area contributed by atoms with Crippen LogP contribution in [-0.4, -0.2) is 205 Å². The van der Waals surface area contributed by atoms with Crippen LogP contribution in [0.2, 0.25) is 0 Å². The number of alkyl halides is 1. The van der Waals surface area contributed by atoms with Gasteiger partial charge in [0.1, 0.15) is 27.4 Å². The smallest absolute Gasteiger partial charge is 0.870 e. The zero-order valence-corrected chi connectivity index (χ0v) is 64.3. The van der Waals surface area contributed by atoms with Crippen LogP contribution in [0.25, 0.3) is 89.2 Å². The number of ether oxygens (including phenoxy) is 6. The van der Waals surface area contributed by atoms with Crippen LogP contribution in [-0.2, 0) is 28.4 Å². The summed E-state index contributed by atoms with van der Waals surface area (Å²) in [4.78, 5) is 90.2. The summed E-state index contributed by atoms with van der Waals surface area (Å²) < 4.78 is 47.1. The number of nitrogens with zero attached hydrogens (tertiary/aromatic N) is 11. The SMILES string of the molecule is C.C1CCOCC1.CO.COC(=O)c1ccc2nc(-c3ccccc3)c(Br)nc2c1.COC(=O)c1ccc2nc(-c3ccccc3)c(N3CCOCC3)nc2c1.O=C(O)c1ccc2nc(-c3ccccc3)c(N3CCOCC3)nc2c1.O=C(O)c1ccc2nc(-c3ccccc3)c(N3CCOCC3)nc2c1.[2H]CF.[Na+].[OH-]. The Morgan fingerprint density at radius 2 is 0.645 bits per heavy atom. The maximum Gasteiger partial charge on any atom is 1.00 e. The Hall–Kier alpha value is -10.4. The number of carbonyl (C=O) groups excluding carboxylic acids is 2. The van der Waals surface area contributed by atoms with Gasteiger partial charge in [-0.2, -0.15) is 0 Å². The van der Waals surface area contributed by atoms with Crippen LogP contribution in [0.1, 0.15) is 69.5 Å². The van der Waals surface area contributed by atoms with Crippen molar-refractivity contribution in [3.05, 3.63) is 221 Å². The third-order valence-electron chi connectivity index (χ3n) is 17.1. The molecule has 0 unspecified atom stereocenters. The van der Waals surface area contributed by atoms with E-state index in [0.29, 0.717) is 88.5 Å². The van der Waals surface area contributed by atoms with E-state index < -0.39 is 19.1 Å². The van der Waals surface area contributed by atoms with E-state index in [2.05, 4.69) is 40.6 Å². The third-order valence-corrected chi connectivity index (χ3v) is 17.6. The molecule has 0 radical (unpaired) electrons. The van der Waals surface area contributed by atoms with Crippen LogP contribution in [0.5, 0.6) is 0 Å². The number of halogens is 2. The molecule has 4 saturated heterocycles. The van der Waals surface area contributed by atoms with Gasteiger partial charge in [-0.25, -0.2) is 59.0 Å². The minimum Gasteiger partial charge on any atom is -0.870 e. The summed E-state index contributed by atoms with van der Waals surface area (Å²) in [6.07, 6.45) is 3.93. The summed E-state index contributed by atoms with van der Waals surface area (Å²) in [7, 11) is 2.72. The number of aliphatic hydroxyl groups excluding tert-OH is 1. The van der Waals surface area contributed by atoms with Gasteiger partial charge in [-0.1, -0.05) is 129 Å². The van der Waals surface area contributed by atoms with E-state index in [0.717, 1.165) is 133 Å². The van der Waals surface area contributed by atoms with Crippen LogP contribution < -0.4 is 44.3 Å². The van der Waals surface area contributed by atoms with Crippen molar-refractivity contribution in [2.75, 3.05) is 135 Å². The molecule has 0 aliphatic carbocycles. The zero-order chi connectivity index (χ0) is 76.2. The second kappa shape index (κ2) is 44.3. The summed E-state index contributed by atoms with van der Waals surface area (Å²) >= 11 is 3.44. The molecular weight excluding hydrogens is 1480 g/mol. The van der Waals surface area contributed by atoms with E-state index in [9.17, 15) is 33.8 Å². The number of aliphatic hydroxyl groups is 1. The maximum atomic E-state index is 11.8. The molecule has 0 bridgehead atoms. The quantitative estimate of drug-likeness (QED) is 0.0800. The van der Waals surface area contributed by atoms with Crippen molar-refractivity contribution in [3.63, 3.8) is 0 Å². The number of aromatic nitrogens is 8. The molecule has 4 fully saturated rings. The molecule has 4 N–H and O–H groups in total. The number of fused-ring (bicyclic) bond motifs is 4. The molecule has 0 saturated carbocycles. The van der Waals surface area contributed by atoms with E-state index in [1.165, 1.54) is 33.5 Å². The van der Waals surface area contributed by atoms with Crippen LogP contribution >= 0.6 is 15.9 Å². The minimum atomic E-state index is -1.00. The molecule has 110 heavy (non-hydrogen) atoms. The van der Waals surface area contributed by atoms with Gasteiger partial charge in [0.25, 0.3) is 0 Å². The summed E-state index contributed by atoms with van der Waals surface area (Å²) in [5.41, 5.74) is 13.9. The van der Waals surface area contributed by atoms with Crippen molar-refractivity contribution in [3.8, 4) is 45.0 Å². The second-order valence-corrected chi connectivity index (χ2v) is 24.6. The predicted molar refractivity (Wildman–Crippen MR) is 422 cm³/mol. The predicted octanol–water partition coefficient (Wildman–Crippen LogP) is 11.3. The molecule has 0 atom stereocenters. The van der Waals surface area contributed by atoms with E-state index in [1.54, 1.807) is 66.7 Å². The topological polar surface area (TPSA) is 327 Å². The normalized spacial score (nSPS) is 13.6. The van der Waals surface area contributed by atoms with E-state index >= 15 is 0 Å². The van der Waals surface area contributed by atoms with Crippen LogP contribution in [0, 0.1) is 0 Å². The molecule has 0 amide bonds. The van der Waals surface area contributed by atoms with Crippen LogP contribution in [0.4, 0.5) is 21.8 Å². The van der Waals surface area contributed by atoms with Crippen molar-refractivity contribution >= 4 is 101 Å². The van der Waals surface area contributed by atoms with Gasteiger partial charge >= 0.3 is 53.4 Å². The first-order valence-electron chi connectivity index (χ1n) is 35.1. The van der Waals surface area contributed by atoms with Crippen molar-refractivity contribution in [1.29, 1.82) is 0 Å². The molecule has 4 aromatic heterocycles. The van der Waals surface area contributed by atoms with Crippen LogP contribution in [0.15, 0.2) is 199 Å². The number of morpholine rings is 3. The minimum absolute atomic E-state index is 0. The van der Waals surface area contributed by atoms with Gasteiger partial charge < -0.3 is 63.9 Å². The van der Waals surface area contributed by atoms with E-state index in [1.807, 2.05) is 127 Å². The Morgan fingerprint density at radius 3 is 0.909 bits per heavy atom. The number of benzene rings is 8. The van der Waals surface area contributed by atoms with E-state index in [-0.39, 0.29) is 65.5 Å². The molecule has 4 aliphatic rings. The first-order valence-corrected chi connectivity index (χ1v) is 35.2. The summed E-state index contributed by atoms with van der Waals surface area (Å²) in [5.74, 6) is -0.355. The van der Waals surface area contributed by atoms with E-state index in [4.69, 9.17) is 64.8 Å². The molecule has 8 aromatic carbocycles. The number of methoxy groups -OCH3 is 2. The fourth-order valence-corrected chi connectivity index (χ4v) is 12.3. The molecule has 4 aliphatic heterocycles. The molecule has 16 rings (SSSR count). The summed E-state index contributed by atoms with van der Waals surface area (Å²) in [6, 6.07) is 59.7. The monoisotopic (exact) mass is 1570 g/mol. The number of aromatic carboxylic acids is 2. The Labute approximate surface area is 668 Å². The van der Waals surface area contributed by atoms with Gasteiger partial charge in [-0.15, -0.1) is 0 Å². The number of carboxylic acid groups (broad SMARTS) is 2. The summed E-state index contributed by atoms with van der Waals surface area (Å²) in [6.45, 7) is 10.4. The van der Waals surface area contributed by atoms with Gasteiger partial charge in [0.15, 0.2) is 17.5 Å². The first-order chi connectivity index (χ1) is 52.8. The maximum absolute atomic E-state index is 11.8. The fraction of sp³-hybridized carbons (Fsp3) is 0.268. The van der Waals surface area contributed by atoms with Crippen molar-refractivity contribution < 1.29 is 104 Å². The Balaban J connectivity index is 0.000000195. The number of carboxylic acids is 2. The molecular formula is C82H86BrFN11NaO14. The molecule has 0 spiro atoms. The largest absolute Gasteiger partial charge is 1.00 e. The Kier molecular flexibility index (Phi) is 34.3. The van der Waals surface area contributed by atoms with Gasteiger partial charge in [0.2, 0.25) is 0 Å². The van der Waals surface area contributed by atoms with Crippen LogP contribution in [0.3, 0.4) is 0 Å². The Morgan fingerprint density at radius 1 is 0.391 bits per heavy atom. The zero-order valence-electron chi connectivity index (χ0n) is 61.7. The number of anilines is 3. The average molecular weight is 1570 g/mol. The van der Waals surface area contributed by atoms with Crippen molar-refractivity contribution in [2.24, 2.45) is 0 Å². The number of hydrogen-bond acceptors (Lipinski definition) is 23. The first kappa shape index (κ1) is 85.2. The molecule has 12 aromatic rings. The standard InChI is InChI=1S/C20H19N3O3.2C19H17N3O3.C16H11BrN2O2.C5H10O.CH3F.CH4O.CH4.Na.H2O/c1-25-20(24)15-7-8-16-17(13-15)22-19(23-9-11-26-12-10-23)18(21-16)14-5-3-2-4-6-14;2*23-19(24)14-6-7-15-16(12-14)21-18(22-8-10-25-11-9-22)17(20-15)13-4-2-1-3-5-13;1-21-16(20)11-7-8-12-13(9-11)19-15(17)14(18-12)10-5-3-2-4-6-10;1-2-4-6-5-3-1;2*1-2;;;/h2-8,13H,9-12H2,1H3;2*1-7,12H,8-11H2,(H,23,24);2-9H,1H3;1-5H2;1H3;2H,1H3;1H4;;1H2/q;;;;;;;;+1;/p-1/i;;;;;1D;;;;. The molecule has 28 heteroatoms. The second-order valence-electron chi connectivity index (χ2n) is 23.9. The Bertz CT molecular complexity index is 4820. The van der Waals surface area contributed by atoms with Crippen molar-refractivity contribution in [2.45, 2.75) is 26.7 Å². The number of carbonyl (C=O) groups is 4. The van der Waals surface area contributed by atoms with Gasteiger partial charge in [0, 0.05) is 81.8 Å². The fourth-order valence-electron chi connectivity index (χ4n) is 11.7. The number of esters is 2. The number of hydrogen-bond donors (Lipinski definition) is 3. The molecule has 568 valence electrons. The molecule has 8 heterocycles. The van der Waals surface area contributed by atoms with Gasteiger partial charge in [-0.05, 0) is 108 Å². The number of rotatable bonds is 11. The summed E-state index contributed by atoms with van der Waals surface area (Å²) in [5, 5.41) is 25.4. The van der Waals surface area contributed by atoms with Gasteiger partial charge in [0.05, 0.1) is 129 Å². The third kappa shape index (κ3) is 22.8. The average Bonchev–Trinajstić information content (AvgIpc) is 0.796. The molecule has 25 nitrogen and oxygen atoms in total.